The Morgan fingerprint density at radius 3 is 2.86 bits per heavy atom. The first-order valence-corrected chi connectivity index (χ1v) is 11.3. The summed E-state index contributed by atoms with van der Waals surface area (Å²) in [5.74, 6) is 1.23. The molecule has 2 aromatic heterocycles. The van der Waals surface area contributed by atoms with Crippen molar-refractivity contribution in [1.82, 2.24) is 24.4 Å². The van der Waals surface area contributed by atoms with Crippen LogP contribution in [0.4, 0.5) is 5.82 Å². The van der Waals surface area contributed by atoms with Gasteiger partial charge in [-0.15, -0.1) is 0 Å². The van der Waals surface area contributed by atoms with Crippen molar-refractivity contribution in [2.45, 2.75) is 23.0 Å². The molecule has 3 heterocycles. The number of aromatic nitrogens is 4. The number of hydrogen-bond donors (Lipinski definition) is 1. The van der Waals surface area contributed by atoms with Gasteiger partial charge in [0.25, 0.3) is 0 Å². The molecule has 0 atom stereocenters. The molecule has 1 aliphatic heterocycles. The molecule has 0 bridgehead atoms. The smallest absolute Gasteiger partial charge is 0.175 e. The van der Waals surface area contributed by atoms with Gasteiger partial charge in [0.05, 0.1) is 20.3 Å². The summed E-state index contributed by atoms with van der Waals surface area (Å²) in [6.07, 6.45) is 2.50. The molecule has 0 radical (unpaired) electrons. The van der Waals surface area contributed by atoms with Crippen molar-refractivity contribution in [2.75, 3.05) is 45.7 Å². The van der Waals surface area contributed by atoms with Crippen molar-refractivity contribution >= 4 is 51.3 Å². The molecule has 1 saturated heterocycles. The van der Waals surface area contributed by atoms with Crippen LogP contribution in [0.25, 0.3) is 11.2 Å². The number of benzene rings is 1. The van der Waals surface area contributed by atoms with Crippen LogP contribution in [-0.4, -0.2) is 64.4 Å². The first kappa shape index (κ1) is 20.6. The molecule has 29 heavy (non-hydrogen) atoms. The number of aryl methyl sites for hydroxylation is 1. The van der Waals surface area contributed by atoms with Gasteiger partial charge in [0.15, 0.2) is 22.1 Å². The lowest BCUT2D eigenvalue weighted by atomic mass is 10.3. The lowest BCUT2D eigenvalue weighted by Crippen LogP contribution is -2.37. The Kier molecular flexibility index (Phi) is 6.73. The quantitative estimate of drug-likeness (QED) is 0.471. The van der Waals surface area contributed by atoms with E-state index in [-0.39, 0.29) is 0 Å². The Morgan fingerprint density at radius 1 is 1.24 bits per heavy atom. The highest BCUT2D eigenvalue weighted by Gasteiger charge is 2.18. The summed E-state index contributed by atoms with van der Waals surface area (Å²) in [6.45, 7) is 5.44. The van der Waals surface area contributed by atoms with Crippen molar-refractivity contribution in [3.8, 4) is 5.75 Å². The lowest BCUT2D eigenvalue weighted by molar-refractivity contribution is 0.0369. The molecule has 2 N–H and O–H groups in total. The maximum atomic E-state index is 6.07. The minimum absolute atomic E-state index is 0.407. The number of rotatable bonds is 7. The predicted molar refractivity (Wildman–Crippen MR) is 121 cm³/mol. The third-order valence-electron chi connectivity index (χ3n) is 4.82. The van der Waals surface area contributed by atoms with Crippen LogP contribution in [0.2, 0.25) is 0 Å². The summed E-state index contributed by atoms with van der Waals surface area (Å²) in [6, 6.07) is 6.03. The van der Waals surface area contributed by atoms with Gasteiger partial charge in [0, 0.05) is 34.6 Å². The molecule has 1 aliphatic rings. The Bertz CT molecular complexity index is 992. The standard InChI is InChI=1S/C19H23IN6O2S/c1-27-13-3-4-14(20)15(11-13)29-19-24-16-17(21)22-12-23-18(16)26(19)6-2-5-25-7-9-28-10-8-25/h3-4,11-12H,2,5-10H2,1H3,(H2,21,22,23). The minimum atomic E-state index is 0.407. The Hall–Kier alpha value is -1.63. The first-order valence-electron chi connectivity index (χ1n) is 9.44. The maximum Gasteiger partial charge on any atom is 0.175 e. The number of anilines is 1. The average Bonchev–Trinajstić information content (AvgIpc) is 3.09. The van der Waals surface area contributed by atoms with Gasteiger partial charge >= 0.3 is 0 Å². The predicted octanol–water partition coefficient (Wildman–Crippen LogP) is 2.90. The van der Waals surface area contributed by atoms with Gasteiger partial charge < -0.3 is 19.8 Å². The zero-order valence-corrected chi connectivity index (χ0v) is 19.1. The van der Waals surface area contributed by atoms with Crippen LogP contribution in [0.15, 0.2) is 34.6 Å². The van der Waals surface area contributed by atoms with Crippen LogP contribution in [0.1, 0.15) is 6.42 Å². The fourth-order valence-corrected chi connectivity index (χ4v) is 4.91. The van der Waals surface area contributed by atoms with Gasteiger partial charge in [-0.25, -0.2) is 15.0 Å². The second-order valence-electron chi connectivity index (χ2n) is 6.68. The number of halogens is 1. The third-order valence-corrected chi connectivity index (χ3v) is 7.18. The summed E-state index contributed by atoms with van der Waals surface area (Å²) in [7, 11) is 1.67. The lowest BCUT2D eigenvalue weighted by Gasteiger charge is -2.26. The number of fused-ring (bicyclic) bond motifs is 1. The number of morpholine rings is 1. The number of hydrogen-bond acceptors (Lipinski definition) is 8. The van der Waals surface area contributed by atoms with Crippen molar-refractivity contribution in [3.63, 3.8) is 0 Å². The molecule has 0 aliphatic carbocycles. The number of imidazole rings is 1. The van der Waals surface area contributed by atoms with Gasteiger partial charge in [-0.3, -0.25) is 4.90 Å². The number of nitrogens with zero attached hydrogens (tertiary/aromatic N) is 5. The highest BCUT2D eigenvalue weighted by atomic mass is 127. The van der Waals surface area contributed by atoms with E-state index < -0.39 is 0 Å². The number of ether oxygens (including phenoxy) is 2. The van der Waals surface area contributed by atoms with Crippen LogP contribution < -0.4 is 10.5 Å². The van der Waals surface area contributed by atoms with E-state index in [2.05, 4.69) is 42.0 Å². The van der Waals surface area contributed by atoms with Gasteiger partial charge in [-0.05, 0) is 47.2 Å². The van der Waals surface area contributed by atoms with Crippen molar-refractivity contribution < 1.29 is 9.47 Å². The Labute approximate surface area is 187 Å². The summed E-state index contributed by atoms with van der Waals surface area (Å²) >= 11 is 3.93. The molecule has 0 spiro atoms. The molecule has 3 aromatic rings. The number of nitrogens with two attached hydrogens (primary N) is 1. The average molecular weight is 526 g/mol. The van der Waals surface area contributed by atoms with E-state index in [0.717, 1.165) is 70.8 Å². The van der Waals surface area contributed by atoms with Crippen LogP contribution >= 0.6 is 34.4 Å². The molecular weight excluding hydrogens is 503 g/mol. The van der Waals surface area contributed by atoms with Gasteiger partial charge in [0.2, 0.25) is 0 Å². The van der Waals surface area contributed by atoms with Gasteiger partial charge in [0.1, 0.15) is 12.1 Å². The van der Waals surface area contributed by atoms with E-state index in [1.54, 1.807) is 18.9 Å². The molecule has 1 fully saturated rings. The van der Waals surface area contributed by atoms with E-state index in [1.165, 1.54) is 6.33 Å². The second-order valence-corrected chi connectivity index (χ2v) is 8.85. The molecule has 4 rings (SSSR count). The monoisotopic (exact) mass is 526 g/mol. The molecule has 10 heteroatoms. The van der Waals surface area contributed by atoms with Crippen molar-refractivity contribution in [3.05, 3.63) is 28.1 Å². The SMILES string of the molecule is COc1ccc(I)c(Sc2nc3c(N)ncnc3n2CCCN2CCOCC2)c1. The van der Waals surface area contributed by atoms with Crippen molar-refractivity contribution in [2.24, 2.45) is 0 Å². The van der Waals surface area contributed by atoms with Crippen LogP contribution in [0.5, 0.6) is 5.75 Å². The summed E-state index contributed by atoms with van der Waals surface area (Å²) in [5, 5.41) is 0.861. The molecular formula is C19H23IN6O2S. The number of methoxy groups -OCH3 is 1. The molecule has 0 unspecified atom stereocenters. The largest absolute Gasteiger partial charge is 0.497 e. The maximum absolute atomic E-state index is 6.07. The fraction of sp³-hybridized carbons (Fsp3) is 0.421. The summed E-state index contributed by atoms with van der Waals surface area (Å²) in [4.78, 5) is 16.9. The summed E-state index contributed by atoms with van der Waals surface area (Å²) in [5.41, 5.74) is 7.50. The van der Waals surface area contributed by atoms with Gasteiger partial charge in [-0.2, -0.15) is 0 Å². The Balaban J connectivity index is 1.60. The van der Waals surface area contributed by atoms with Crippen LogP contribution in [0, 0.1) is 3.57 Å². The third kappa shape index (κ3) is 4.76. The molecule has 0 amide bonds. The highest BCUT2D eigenvalue weighted by Crippen LogP contribution is 2.35. The molecule has 0 saturated carbocycles. The topological polar surface area (TPSA) is 91.3 Å². The zero-order valence-electron chi connectivity index (χ0n) is 16.2. The van der Waals surface area contributed by atoms with Crippen molar-refractivity contribution in [1.29, 1.82) is 0 Å². The summed E-state index contributed by atoms with van der Waals surface area (Å²) < 4.78 is 14.1. The normalized spacial score (nSPS) is 15.1. The molecule has 154 valence electrons. The molecule has 8 nitrogen and oxygen atoms in total. The fourth-order valence-electron chi connectivity index (χ4n) is 3.28. The molecule has 1 aromatic carbocycles. The van der Waals surface area contributed by atoms with Crippen LogP contribution in [-0.2, 0) is 11.3 Å². The van der Waals surface area contributed by atoms with Gasteiger partial charge in [-0.1, -0.05) is 11.8 Å². The van der Waals surface area contributed by atoms with E-state index in [0.29, 0.717) is 11.3 Å². The van der Waals surface area contributed by atoms with E-state index >= 15 is 0 Å². The zero-order chi connectivity index (χ0) is 20.2. The van der Waals surface area contributed by atoms with E-state index in [1.807, 2.05) is 18.2 Å². The highest BCUT2D eigenvalue weighted by molar-refractivity contribution is 14.1. The minimum Gasteiger partial charge on any atom is -0.497 e. The van der Waals surface area contributed by atoms with E-state index in [4.69, 9.17) is 20.2 Å². The first-order chi connectivity index (χ1) is 14.2. The Morgan fingerprint density at radius 2 is 2.07 bits per heavy atom. The van der Waals surface area contributed by atoms with E-state index in [9.17, 15) is 0 Å². The second kappa shape index (κ2) is 9.45. The van der Waals surface area contributed by atoms with Crippen LogP contribution in [0.3, 0.4) is 0 Å². The number of nitrogen functional groups attached to an aromatic ring is 1.